The Morgan fingerprint density at radius 3 is 2.55 bits per heavy atom. The Hall–Kier alpha value is -0.650. The average molecular weight is 284 g/mol. The highest BCUT2D eigenvalue weighted by Gasteiger charge is 2.40. The highest BCUT2D eigenvalue weighted by Crippen LogP contribution is 2.32. The van der Waals surface area contributed by atoms with Crippen LogP contribution in [0.5, 0.6) is 0 Å². The Labute approximate surface area is 121 Å². The van der Waals surface area contributed by atoms with Gasteiger partial charge in [0.05, 0.1) is 19.3 Å². The van der Waals surface area contributed by atoms with E-state index in [0.717, 1.165) is 32.5 Å². The third-order valence-electron chi connectivity index (χ3n) is 4.67. The lowest BCUT2D eigenvalue weighted by molar-refractivity contribution is -0.142. The van der Waals surface area contributed by atoms with Crippen LogP contribution in [0.25, 0.3) is 0 Å². The van der Waals surface area contributed by atoms with Crippen LogP contribution in [0.2, 0.25) is 0 Å². The molecule has 20 heavy (non-hydrogen) atoms. The zero-order valence-corrected chi connectivity index (χ0v) is 12.7. The van der Waals surface area contributed by atoms with Crippen molar-refractivity contribution in [3.05, 3.63) is 0 Å². The van der Waals surface area contributed by atoms with Crippen LogP contribution >= 0.6 is 0 Å². The maximum absolute atomic E-state index is 12.1. The number of fused-ring (bicyclic) bond motifs is 1. The van der Waals surface area contributed by atoms with Crippen molar-refractivity contribution < 1.29 is 15.0 Å². The van der Waals surface area contributed by atoms with Crippen LogP contribution in [-0.4, -0.2) is 70.9 Å². The van der Waals surface area contributed by atoms with E-state index in [1.165, 1.54) is 0 Å². The molecule has 2 fully saturated rings. The van der Waals surface area contributed by atoms with Crippen molar-refractivity contribution >= 4 is 5.91 Å². The number of hydrogen-bond donors (Lipinski definition) is 2. The van der Waals surface area contributed by atoms with Crippen molar-refractivity contribution in [3.8, 4) is 0 Å². The number of aliphatic hydroxyl groups excluding tert-OH is 2. The van der Waals surface area contributed by atoms with Crippen LogP contribution in [0.4, 0.5) is 0 Å². The van der Waals surface area contributed by atoms with E-state index in [4.69, 9.17) is 0 Å². The molecule has 5 nitrogen and oxygen atoms in total. The molecule has 116 valence electrons. The predicted molar refractivity (Wildman–Crippen MR) is 77.2 cm³/mol. The fourth-order valence-electron chi connectivity index (χ4n) is 3.63. The number of carbonyl (C=O) groups is 1. The van der Waals surface area contributed by atoms with Gasteiger partial charge in [0.15, 0.2) is 0 Å². The molecule has 0 saturated carbocycles. The lowest BCUT2D eigenvalue weighted by atomic mass is 9.82. The van der Waals surface area contributed by atoms with Crippen LogP contribution < -0.4 is 0 Å². The minimum Gasteiger partial charge on any atom is -0.395 e. The SMILES string of the molecule is CC(C)CN1C(=O)CC[C@H]2CN(C(CO)CO)CC[C@H]21. The second kappa shape index (κ2) is 6.87. The van der Waals surface area contributed by atoms with Gasteiger partial charge in [-0.2, -0.15) is 0 Å². The van der Waals surface area contributed by atoms with Crippen molar-refractivity contribution in [3.63, 3.8) is 0 Å². The summed E-state index contributed by atoms with van der Waals surface area (Å²) < 4.78 is 0. The molecule has 5 heteroatoms. The number of likely N-dealkylation sites (tertiary alicyclic amines) is 2. The van der Waals surface area contributed by atoms with Crippen molar-refractivity contribution in [2.75, 3.05) is 32.8 Å². The molecule has 1 amide bonds. The first-order chi connectivity index (χ1) is 9.56. The van der Waals surface area contributed by atoms with Gasteiger partial charge in [-0.25, -0.2) is 0 Å². The molecule has 0 spiro atoms. The van der Waals surface area contributed by atoms with Gasteiger partial charge in [0.1, 0.15) is 0 Å². The highest BCUT2D eigenvalue weighted by molar-refractivity contribution is 5.77. The van der Waals surface area contributed by atoms with E-state index in [1.54, 1.807) is 0 Å². The monoisotopic (exact) mass is 284 g/mol. The molecule has 0 aromatic carbocycles. The largest absolute Gasteiger partial charge is 0.395 e. The van der Waals surface area contributed by atoms with Crippen molar-refractivity contribution in [2.45, 2.75) is 45.2 Å². The van der Waals surface area contributed by atoms with Crippen LogP contribution in [0.1, 0.15) is 33.1 Å². The highest BCUT2D eigenvalue weighted by atomic mass is 16.3. The second-order valence-electron chi connectivity index (χ2n) is 6.61. The Balaban J connectivity index is 2.02. The van der Waals surface area contributed by atoms with E-state index in [-0.39, 0.29) is 19.3 Å². The van der Waals surface area contributed by atoms with Gasteiger partial charge in [-0.05, 0) is 24.7 Å². The Kier molecular flexibility index (Phi) is 5.41. The zero-order valence-electron chi connectivity index (χ0n) is 12.7. The van der Waals surface area contributed by atoms with Gasteiger partial charge >= 0.3 is 0 Å². The topological polar surface area (TPSA) is 64.0 Å². The summed E-state index contributed by atoms with van der Waals surface area (Å²) in [5.74, 6) is 1.29. The summed E-state index contributed by atoms with van der Waals surface area (Å²) in [4.78, 5) is 16.4. The van der Waals surface area contributed by atoms with Crippen molar-refractivity contribution in [1.29, 1.82) is 0 Å². The number of amides is 1. The van der Waals surface area contributed by atoms with Gasteiger partial charge in [-0.3, -0.25) is 9.69 Å². The Bertz CT molecular complexity index is 331. The summed E-state index contributed by atoms with van der Waals surface area (Å²) in [6.07, 6.45) is 2.54. The summed E-state index contributed by atoms with van der Waals surface area (Å²) in [6, 6.07) is 0.208. The normalized spacial score (nSPS) is 28.3. The van der Waals surface area contributed by atoms with Gasteiger partial charge in [0.2, 0.25) is 5.91 Å². The molecule has 0 radical (unpaired) electrons. The first kappa shape index (κ1) is 15.7. The lowest BCUT2D eigenvalue weighted by Gasteiger charge is -2.49. The van der Waals surface area contributed by atoms with E-state index in [2.05, 4.69) is 23.6 Å². The molecule has 0 aromatic rings. The number of carbonyl (C=O) groups excluding carboxylic acids is 1. The Morgan fingerprint density at radius 1 is 1.25 bits per heavy atom. The number of nitrogens with zero attached hydrogens (tertiary/aromatic N) is 2. The van der Waals surface area contributed by atoms with Gasteiger partial charge in [-0.1, -0.05) is 13.8 Å². The van der Waals surface area contributed by atoms with Gasteiger partial charge in [-0.15, -0.1) is 0 Å². The van der Waals surface area contributed by atoms with Gasteiger partial charge < -0.3 is 15.1 Å². The molecular formula is C15H28N2O3. The molecule has 2 N–H and O–H groups in total. The average Bonchev–Trinajstić information content (AvgIpc) is 2.43. The third kappa shape index (κ3) is 3.32. The molecule has 2 rings (SSSR count). The summed E-state index contributed by atoms with van der Waals surface area (Å²) in [5.41, 5.74) is 0. The lowest BCUT2D eigenvalue weighted by Crippen LogP contribution is -2.59. The maximum Gasteiger partial charge on any atom is 0.222 e. The molecule has 2 heterocycles. The number of aliphatic hydroxyl groups is 2. The van der Waals surface area contributed by atoms with E-state index >= 15 is 0 Å². The van der Waals surface area contributed by atoms with Crippen LogP contribution in [-0.2, 0) is 4.79 Å². The predicted octanol–water partition coefficient (Wildman–Crippen LogP) is 0.309. The Morgan fingerprint density at radius 2 is 1.95 bits per heavy atom. The smallest absolute Gasteiger partial charge is 0.222 e. The number of rotatable bonds is 5. The fraction of sp³-hybridized carbons (Fsp3) is 0.933. The maximum atomic E-state index is 12.1. The molecule has 0 bridgehead atoms. The summed E-state index contributed by atoms with van der Waals surface area (Å²) in [5, 5.41) is 18.6. The third-order valence-corrected chi connectivity index (χ3v) is 4.67. The second-order valence-corrected chi connectivity index (χ2v) is 6.61. The molecule has 0 aliphatic carbocycles. The first-order valence-electron chi connectivity index (χ1n) is 7.82. The van der Waals surface area contributed by atoms with Gasteiger partial charge in [0, 0.05) is 32.1 Å². The van der Waals surface area contributed by atoms with Crippen molar-refractivity contribution in [1.82, 2.24) is 9.80 Å². The summed E-state index contributed by atoms with van der Waals surface area (Å²) in [6.45, 7) is 6.90. The van der Waals surface area contributed by atoms with E-state index in [0.29, 0.717) is 30.2 Å². The van der Waals surface area contributed by atoms with Crippen LogP contribution in [0.3, 0.4) is 0 Å². The molecule has 2 aliphatic rings. The minimum atomic E-state index is -0.146. The molecule has 2 atom stereocenters. The standard InChI is InChI=1S/C15H28N2O3/c1-11(2)7-17-14-5-6-16(13(9-18)10-19)8-12(14)3-4-15(17)20/h11-14,18-19H,3-10H2,1-2H3/t12-,14+/m0/s1. The van der Waals surface area contributed by atoms with Crippen LogP contribution in [0.15, 0.2) is 0 Å². The zero-order chi connectivity index (χ0) is 14.7. The van der Waals surface area contributed by atoms with E-state index in [9.17, 15) is 15.0 Å². The van der Waals surface area contributed by atoms with Crippen LogP contribution in [0, 0.1) is 11.8 Å². The molecule has 0 aromatic heterocycles. The summed E-state index contributed by atoms with van der Waals surface area (Å²) >= 11 is 0. The fourth-order valence-corrected chi connectivity index (χ4v) is 3.63. The van der Waals surface area contributed by atoms with Gasteiger partial charge in [0.25, 0.3) is 0 Å². The minimum absolute atomic E-state index is 0.00251. The molecular weight excluding hydrogens is 256 g/mol. The molecule has 0 unspecified atom stereocenters. The number of hydrogen-bond acceptors (Lipinski definition) is 4. The van der Waals surface area contributed by atoms with E-state index in [1.807, 2.05) is 0 Å². The number of piperidine rings is 2. The quantitative estimate of drug-likeness (QED) is 0.762. The molecule has 2 saturated heterocycles. The first-order valence-corrected chi connectivity index (χ1v) is 7.82. The van der Waals surface area contributed by atoms with Crippen molar-refractivity contribution in [2.24, 2.45) is 11.8 Å². The van der Waals surface area contributed by atoms with E-state index < -0.39 is 0 Å². The molecule has 2 aliphatic heterocycles. The summed E-state index contributed by atoms with van der Waals surface area (Å²) in [7, 11) is 0.